The van der Waals surface area contributed by atoms with Gasteiger partial charge in [0.15, 0.2) is 15.7 Å². The summed E-state index contributed by atoms with van der Waals surface area (Å²) in [5.74, 6) is 0.150. The molecule has 0 spiro atoms. The van der Waals surface area contributed by atoms with Gasteiger partial charge in [-0.05, 0) is 12.1 Å². The molecule has 0 unspecified atom stereocenters. The van der Waals surface area contributed by atoms with Gasteiger partial charge in [0.25, 0.3) is 6.08 Å². The molecule has 0 aliphatic rings. The lowest BCUT2D eigenvalue weighted by molar-refractivity contribution is 0.400. The summed E-state index contributed by atoms with van der Waals surface area (Å²) in [6, 6.07) is 6.11. The lowest BCUT2D eigenvalue weighted by Crippen LogP contribution is -2.26. The Morgan fingerprint density at radius 2 is 1.83 bits per heavy atom. The van der Waals surface area contributed by atoms with E-state index < -0.39 is 40.3 Å². The van der Waals surface area contributed by atoms with Gasteiger partial charge >= 0.3 is 5.69 Å². The van der Waals surface area contributed by atoms with Crippen LogP contribution < -0.4 is 11.4 Å². The van der Waals surface area contributed by atoms with Crippen LogP contribution in [0, 0.1) is 0 Å². The SMILES string of the molecule is CS(=O)(=O)c1ccc(-c2cnc(-n3cnn(CC(CN)=C(F)F)c3=O)cn2)cc1. The van der Waals surface area contributed by atoms with E-state index >= 15 is 0 Å². The third-order valence-electron chi connectivity index (χ3n) is 4.05. The van der Waals surface area contributed by atoms with Crippen molar-refractivity contribution in [1.82, 2.24) is 24.3 Å². The van der Waals surface area contributed by atoms with Crippen LogP contribution in [0.3, 0.4) is 0 Å². The summed E-state index contributed by atoms with van der Waals surface area (Å²) in [6.07, 6.45) is 3.05. The Bertz CT molecular complexity index is 1210. The Morgan fingerprint density at radius 3 is 2.34 bits per heavy atom. The first-order chi connectivity index (χ1) is 13.7. The summed E-state index contributed by atoms with van der Waals surface area (Å²) in [7, 11) is -3.30. The summed E-state index contributed by atoms with van der Waals surface area (Å²) < 4.78 is 50.4. The highest BCUT2D eigenvalue weighted by atomic mass is 32.2. The highest BCUT2D eigenvalue weighted by molar-refractivity contribution is 7.90. The molecule has 2 N–H and O–H groups in total. The molecule has 0 atom stereocenters. The highest BCUT2D eigenvalue weighted by Gasteiger charge is 2.13. The number of halogens is 2. The van der Waals surface area contributed by atoms with Gasteiger partial charge in [-0.1, -0.05) is 12.1 Å². The quantitative estimate of drug-likeness (QED) is 0.628. The van der Waals surface area contributed by atoms with Gasteiger partial charge in [0.05, 0.1) is 29.5 Å². The third kappa shape index (κ3) is 4.43. The van der Waals surface area contributed by atoms with Crippen molar-refractivity contribution in [3.8, 4) is 17.1 Å². The lowest BCUT2D eigenvalue weighted by atomic mass is 10.2. The number of benzene rings is 1. The van der Waals surface area contributed by atoms with Gasteiger partial charge in [-0.3, -0.25) is 4.98 Å². The Labute approximate surface area is 164 Å². The first kappa shape index (κ1) is 20.5. The molecule has 0 radical (unpaired) electrons. The van der Waals surface area contributed by atoms with Crippen LogP contribution in [0.15, 0.2) is 64.3 Å². The fourth-order valence-electron chi connectivity index (χ4n) is 2.45. The zero-order valence-corrected chi connectivity index (χ0v) is 16.0. The Morgan fingerprint density at radius 1 is 1.14 bits per heavy atom. The summed E-state index contributed by atoms with van der Waals surface area (Å²) in [5.41, 5.74) is 5.28. The molecule has 2 heterocycles. The predicted molar refractivity (Wildman–Crippen MR) is 100 cm³/mol. The van der Waals surface area contributed by atoms with E-state index in [0.29, 0.717) is 11.3 Å². The van der Waals surface area contributed by atoms with Crippen molar-refractivity contribution < 1.29 is 17.2 Å². The fraction of sp³-hybridized carbons (Fsp3) is 0.176. The van der Waals surface area contributed by atoms with Crippen LogP contribution in [-0.4, -0.2) is 45.5 Å². The van der Waals surface area contributed by atoms with Gasteiger partial charge in [-0.15, -0.1) is 0 Å². The van der Waals surface area contributed by atoms with E-state index in [1.807, 2.05) is 0 Å². The summed E-state index contributed by atoms with van der Waals surface area (Å²) in [5, 5.41) is 3.79. The van der Waals surface area contributed by atoms with Crippen molar-refractivity contribution >= 4 is 9.84 Å². The van der Waals surface area contributed by atoms with Crippen LogP contribution in [0.5, 0.6) is 0 Å². The predicted octanol–water partition coefficient (Wildman–Crippen LogP) is 1.00. The molecule has 0 saturated heterocycles. The van der Waals surface area contributed by atoms with Crippen LogP contribution in [0.25, 0.3) is 17.1 Å². The smallest absolute Gasteiger partial charge is 0.327 e. The number of rotatable bonds is 6. The maximum absolute atomic E-state index is 12.7. The van der Waals surface area contributed by atoms with Gasteiger partial charge in [-0.25, -0.2) is 27.4 Å². The van der Waals surface area contributed by atoms with Crippen molar-refractivity contribution in [3.05, 3.63) is 65.1 Å². The van der Waals surface area contributed by atoms with Gasteiger partial charge in [0, 0.05) is 23.9 Å². The molecule has 3 aromatic rings. The van der Waals surface area contributed by atoms with Crippen LogP contribution in [-0.2, 0) is 16.4 Å². The van der Waals surface area contributed by atoms with Crippen LogP contribution in [0.2, 0.25) is 0 Å². The second-order valence-electron chi connectivity index (χ2n) is 6.07. The number of sulfone groups is 1. The molecule has 12 heteroatoms. The second kappa shape index (κ2) is 8.01. The molecule has 29 heavy (non-hydrogen) atoms. The molecule has 0 saturated carbocycles. The van der Waals surface area contributed by atoms with E-state index in [-0.39, 0.29) is 10.7 Å². The Kier molecular flexibility index (Phi) is 5.66. The molecule has 0 amide bonds. The van der Waals surface area contributed by atoms with Gasteiger partial charge < -0.3 is 5.73 Å². The van der Waals surface area contributed by atoms with Gasteiger partial charge in [-0.2, -0.15) is 13.9 Å². The second-order valence-corrected chi connectivity index (χ2v) is 8.08. The average molecular weight is 422 g/mol. The minimum atomic E-state index is -3.30. The van der Waals surface area contributed by atoms with E-state index in [2.05, 4.69) is 15.1 Å². The molecule has 0 aliphatic heterocycles. The monoisotopic (exact) mass is 422 g/mol. The van der Waals surface area contributed by atoms with Crippen LogP contribution in [0.4, 0.5) is 8.78 Å². The van der Waals surface area contributed by atoms with E-state index in [9.17, 15) is 22.0 Å². The highest BCUT2D eigenvalue weighted by Crippen LogP contribution is 2.19. The molecular weight excluding hydrogens is 406 g/mol. The van der Waals surface area contributed by atoms with Crippen molar-refractivity contribution in [2.45, 2.75) is 11.4 Å². The van der Waals surface area contributed by atoms with Crippen LogP contribution >= 0.6 is 0 Å². The Hall–Kier alpha value is -3.25. The third-order valence-corrected chi connectivity index (χ3v) is 5.18. The Balaban J connectivity index is 1.86. The maximum Gasteiger partial charge on any atom is 0.351 e. The minimum absolute atomic E-state index is 0.150. The van der Waals surface area contributed by atoms with Crippen molar-refractivity contribution in [1.29, 1.82) is 0 Å². The number of nitrogens with zero attached hydrogens (tertiary/aromatic N) is 5. The molecule has 2 aromatic heterocycles. The standard InChI is InChI=1S/C17H16F2N6O3S/c1-29(27,28)13-4-2-11(3-5-13)14-7-22-15(8-21-14)24-10-23-25(17(24)26)9-12(6-20)16(18)19/h2-5,7-8,10H,6,9,20H2,1H3. The number of nitrogens with two attached hydrogens (primary N) is 1. The summed E-state index contributed by atoms with van der Waals surface area (Å²) in [6.45, 7) is -0.822. The number of aromatic nitrogens is 5. The van der Waals surface area contributed by atoms with Crippen molar-refractivity contribution in [2.24, 2.45) is 5.73 Å². The van der Waals surface area contributed by atoms with Gasteiger partial charge in [0.2, 0.25) is 0 Å². The van der Waals surface area contributed by atoms with E-state index in [1.165, 1.54) is 24.5 Å². The zero-order valence-electron chi connectivity index (χ0n) is 15.2. The maximum atomic E-state index is 12.7. The largest absolute Gasteiger partial charge is 0.351 e. The molecule has 152 valence electrons. The molecule has 0 aliphatic carbocycles. The first-order valence-corrected chi connectivity index (χ1v) is 10.1. The lowest BCUT2D eigenvalue weighted by Gasteiger charge is -2.04. The first-order valence-electron chi connectivity index (χ1n) is 8.21. The molecule has 0 fully saturated rings. The number of hydrogen-bond acceptors (Lipinski definition) is 7. The summed E-state index contributed by atoms with van der Waals surface area (Å²) in [4.78, 5) is 20.9. The summed E-state index contributed by atoms with van der Waals surface area (Å²) >= 11 is 0. The van der Waals surface area contributed by atoms with E-state index in [0.717, 1.165) is 21.8 Å². The molecular formula is C17H16F2N6O3S. The van der Waals surface area contributed by atoms with Crippen molar-refractivity contribution in [2.75, 3.05) is 12.8 Å². The molecule has 3 rings (SSSR count). The molecule has 0 bridgehead atoms. The van der Waals surface area contributed by atoms with Crippen molar-refractivity contribution in [3.63, 3.8) is 0 Å². The normalized spacial score (nSPS) is 11.4. The molecule has 9 nitrogen and oxygen atoms in total. The van der Waals surface area contributed by atoms with E-state index in [1.54, 1.807) is 12.1 Å². The molecule has 1 aromatic carbocycles. The zero-order chi connectivity index (χ0) is 21.2. The number of hydrogen-bond donors (Lipinski definition) is 1. The fourth-order valence-corrected chi connectivity index (χ4v) is 3.08. The van der Waals surface area contributed by atoms with Crippen LogP contribution in [0.1, 0.15) is 0 Å². The van der Waals surface area contributed by atoms with Gasteiger partial charge in [0.1, 0.15) is 6.33 Å². The average Bonchev–Trinajstić information content (AvgIpc) is 3.05. The minimum Gasteiger partial charge on any atom is -0.327 e. The van der Waals surface area contributed by atoms with E-state index in [4.69, 9.17) is 5.73 Å². The topological polar surface area (TPSA) is 126 Å².